The Kier molecular flexibility index (Phi) is 7.35. The number of aliphatic imine (C=N–C) groups is 1. The molecule has 0 radical (unpaired) electrons. The molecule has 0 aliphatic rings. The highest BCUT2D eigenvalue weighted by molar-refractivity contribution is 6.10. The van der Waals surface area contributed by atoms with Crippen LogP contribution in [-0.2, 0) is 6.42 Å². The standard InChI is InChI=1S/C32H36N2O/c1-20(2)19-24-11-13-25(14-12-24)26(9-8-18-33-7)23(6)30-22(5)10-15-27-28-16-17-29(21(3)4)34-32(28)35-31(27)30/h8-18,20-21H,19H2,1-7H3/b9-8-,26-23-,33-18+. The normalized spacial score (nSPS) is 13.3. The average Bonchev–Trinajstić information content (AvgIpc) is 3.19. The molecule has 0 fully saturated rings. The van der Waals surface area contributed by atoms with Crippen molar-refractivity contribution in [3.05, 3.63) is 88.6 Å². The third-order valence-electron chi connectivity index (χ3n) is 6.51. The van der Waals surface area contributed by atoms with Crippen LogP contribution in [0, 0.1) is 12.8 Å². The first-order valence-corrected chi connectivity index (χ1v) is 12.5. The Morgan fingerprint density at radius 2 is 1.69 bits per heavy atom. The molecule has 0 atom stereocenters. The van der Waals surface area contributed by atoms with Crippen LogP contribution < -0.4 is 0 Å². The van der Waals surface area contributed by atoms with Crippen molar-refractivity contribution in [1.82, 2.24) is 4.98 Å². The second-order valence-electron chi connectivity index (χ2n) is 10.1. The van der Waals surface area contributed by atoms with Gasteiger partial charge < -0.3 is 4.42 Å². The maximum Gasteiger partial charge on any atom is 0.227 e. The van der Waals surface area contributed by atoms with E-state index in [4.69, 9.17) is 9.40 Å². The summed E-state index contributed by atoms with van der Waals surface area (Å²) >= 11 is 0. The monoisotopic (exact) mass is 464 g/mol. The molecule has 0 bridgehead atoms. The Bertz CT molecular complexity index is 1430. The van der Waals surface area contributed by atoms with Crippen molar-refractivity contribution in [1.29, 1.82) is 0 Å². The topological polar surface area (TPSA) is 38.4 Å². The third kappa shape index (κ3) is 5.14. The summed E-state index contributed by atoms with van der Waals surface area (Å²) in [4.78, 5) is 8.96. The van der Waals surface area contributed by atoms with E-state index in [0.29, 0.717) is 17.5 Å². The Hall–Kier alpha value is -3.46. The summed E-state index contributed by atoms with van der Waals surface area (Å²) in [6.07, 6.45) is 7.06. The lowest BCUT2D eigenvalue weighted by Gasteiger charge is -2.14. The number of hydrogen-bond acceptors (Lipinski definition) is 3. The number of aromatic nitrogens is 1. The molecule has 35 heavy (non-hydrogen) atoms. The Balaban J connectivity index is 1.94. The van der Waals surface area contributed by atoms with Gasteiger partial charge >= 0.3 is 0 Å². The van der Waals surface area contributed by atoms with Gasteiger partial charge in [-0.2, -0.15) is 0 Å². The summed E-state index contributed by atoms with van der Waals surface area (Å²) in [6, 6.07) is 17.6. The van der Waals surface area contributed by atoms with Crippen molar-refractivity contribution in [2.75, 3.05) is 7.05 Å². The lowest BCUT2D eigenvalue weighted by Crippen LogP contribution is -1.95. The molecule has 0 amide bonds. The van der Waals surface area contributed by atoms with Crippen LogP contribution in [0.4, 0.5) is 0 Å². The van der Waals surface area contributed by atoms with E-state index >= 15 is 0 Å². The first kappa shape index (κ1) is 24.7. The summed E-state index contributed by atoms with van der Waals surface area (Å²) in [7, 11) is 1.79. The molecule has 180 valence electrons. The Morgan fingerprint density at radius 3 is 2.34 bits per heavy atom. The van der Waals surface area contributed by atoms with Crippen molar-refractivity contribution in [3.8, 4) is 0 Å². The minimum atomic E-state index is 0.353. The van der Waals surface area contributed by atoms with E-state index in [9.17, 15) is 0 Å². The average molecular weight is 465 g/mol. The number of nitrogens with zero attached hydrogens (tertiary/aromatic N) is 2. The molecule has 0 N–H and O–H groups in total. The highest BCUT2D eigenvalue weighted by atomic mass is 16.3. The Labute approximate surface area is 209 Å². The zero-order chi connectivity index (χ0) is 25.1. The summed E-state index contributed by atoms with van der Waals surface area (Å²) in [5.74, 6) is 0.988. The fourth-order valence-corrected chi connectivity index (χ4v) is 4.71. The molecule has 0 aliphatic heterocycles. The van der Waals surface area contributed by atoms with Gasteiger partial charge in [0.25, 0.3) is 0 Å². The number of rotatable bonds is 7. The van der Waals surface area contributed by atoms with Gasteiger partial charge in [-0.25, -0.2) is 4.98 Å². The maximum atomic E-state index is 6.46. The number of aryl methyl sites for hydroxylation is 1. The van der Waals surface area contributed by atoms with Gasteiger partial charge in [-0.15, -0.1) is 0 Å². The lowest BCUT2D eigenvalue weighted by molar-refractivity contribution is 0.646. The number of allylic oxidation sites excluding steroid dienone is 4. The van der Waals surface area contributed by atoms with Gasteiger partial charge in [-0.3, -0.25) is 4.99 Å². The molecule has 0 saturated heterocycles. The quantitative estimate of drug-likeness (QED) is 0.156. The summed E-state index contributed by atoms with van der Waals surface area (Å²) in [6.45, 7) is 13.2. The number of fused-ring (bicyclic) bond motifs is 3. The molecule has 2 aromatic carbocycles. The van der Waals surface area contributed by atoms with Crippen LogP contribution in [-0.4, -0.2) is 18.2 Å². The lowest BCUT2D eigenvalue weighted by atomic mass is 9.90. The van der Waals surface area contributed by atoms with E-state index in [2.05, 4.69) is 101 Å². The highest BCUT2D eigenvalue weighted by Crippen LogP contribution is 2.38. The largest absolute Gasteiger partial charge is 0.437 e. The molecule has 3 nitrogen and oxygen atoms in total. The van der Waals surface area contributed by atoms with Gasteiger partial charge in [-0.05, 0) is 78.1 Å². The summed E-state index contributed by atoms with van der Waals surface area (Å²) < 4.78 is 6.46. The van der Waals surface area contributed by atoms with Gasteiger partial charge in [-0.1, -0.05) is 70.2 Å². The number of benzene rings is 2. The van der Waals surface area contributed by atoms with E-state index in [1.54, 1.807) is 7.05 Å². The number of furan rings is 1. The third-order valence-corrected chi connectivity index (χ3v) is 6.51. The van der Waals surface area contributed by atoms with Crippen LogP contribution in [0.15, 0.2) is 70.1 Å². The van der Waals surface area contributed by atoms with Gasteiger partial charge in [0, 0.05) is 35.3 Å². The predicted octanol–water partition coefficient (Wildman–Crippen LogP) is 8.80. The van der Waals surface area contributed by atoms with E-state index < -0.39 is 0 Å². The number of pyridine rings is 1. The van der Waals surface area contributed by atoms with Gasteiger partial charge in [0.1, 0.15) is 5.58 Å². The van der Waals surface area contributed by atoms with Crippen LogP contribution in [0.3, 0.4) is 0 Å². The molecule has 0 unspecified atom stereocenters. The molecule has 0 saturated carbocycles. The van der Waals surface area contributed by atoms with E-state index in [0.717, 1.165) is 39.6 Å². The smallest absolute Gasteiger partial charge is 0.227 e. The van der Waals surface area contributed by atoms with Gasteiger partial charge in [0.05, 0.1) is 0 Å². The highest BCUT2D eigenvalue weighted by Gasteiger charge is 2.18. The molecule has 4 rings (SSSR count). The second kappa shape index (κ2) is 10.4. The van der Waals surface area contributed by atoms with Crippen molar-refractivity contribution in [3.63, 3.8) is 0 Å². The first-order chi connectivity index (χ1) is 16.8. The van der Waals surface area contributed by atoms with E-state index in [1.807, 2.05) is 12.3 Å². The molecule has 0 spiro atoms. The minimum absolute atomic E-state index is 0.353. The Morgan fingerprint density at radius 1 is 0.971 bits per heavy atom. The van der Waals surface area contributed by atoms with Crippen LogP contribution in [0.2, 0.25) is 0 Å². The van der Waals surface area contributed by atoms with Crippen LogP contribution in [0.5, 0.6) is 0 Å². The summed E-state index contributed by atoms with van der Waals surface area (Å²) in [5, 5.41) is 2.17. The van der Waals surface area contributed by atoms with Crippen molar-refractivity contribution >= 4 is 39.4 Å². The van der Waals surface area contributed by atoms with Crippen molar-refractivity contribution < 1.29 is 4.42 Å². The molecular formula is C32H36N2O. The fourth-order valence-electron chi connectivity index (χ4n) is 4.71. The van der Waals surface area contributed by atoms with Gasteiger partial charge in [0.15, 0.2) is 0 Å². The molecular weight excluding hydrogens is 428 g/mol. The fraction of sp³-hybridized carbons (Fsp3) is 0.312. The maximum absolute atomic E-state index is 6.46. The van der Waals surface area contributed by atoms with Crippen LogP contribution in [0.25, 0.3) is 33.2 Å². The van der Waals surface area contributed by atoms with Gasteiger partial charge in [0.2, 0.25) is 5.71 Å². The summed E-state index contributed by atoms with van der Waals surface area (Å²) in [5.41, 5.74) is 9.85. The minimum Gasteiger partial charge on any atom is -0.437 e. The predicted molar refractivity (Wildman–Crippen MR) is 151 cm³/mol. The second-order valence-corrected chi connectivity index (χ2v) is 10.1. The van der Waals surface area contributed by atoms with Crippen LogP contribution in [0.1, 0.15) is 68.5 Å². The zero-order valence-electron chi connectivity index (χ0n) is 22.0. The molecule has 2 aromatic heterocycles. The van der Waals surface area contributed by atoms with E-state index in [-0.39, 0.29) is 0 Å². The SMILES string of the molecule is C/N=C/C=C\C(=C(/C)c1c(C)ccc2c1oc1nc(C(C)C)ccc12)c1ccc(CC(C)C)cc1. The molecule has 0 aliphatic carbocycles. The van der Waals surface area contributed by atoms with Crippen molar-refractivity contribution in [2.45, 2.75) is 53.9 Å². The molecule has 4 aromatic rings. The van der Waals surface area contributed by atoms with Crippen molar-refractivity contribution in [2.24, 2.45) is 10.9 Å². The zero-order valence-corrected chi connectivity index (χ0v) is 22.0. The van der Waals surface area contributed by atoms with Crippen LogP contribution >= 0.6 is 0 Å². The molecule has 2 heterocycles. The first-order valence-electron chi connectivity index (χ1n) is 12.5. The molecule has 3 heteroatoms. The number of hydrogen-bond donors (Lipinski definition) is 0. The van der Waals surface area contributed by atoms with E-state index in [1.165, 1.54) is 22.3 Å².